The number of nitro benzene ring substituents is 1. The molecule has 1 atom stereocenters. The van der Waals surface area contributed by atoms with E-state index in [4.69, 9.17) is 5.73 Å². The van der Waals surface area contributed by atoms with Crippen molar-refractivity contribution in [3.05, 3.63) is 34.4 Å². The lowest BCUT2D eigenvalue weighted by molar-refractivity contribution is -0.384. The van der Waals surface area contributed by atoms with Gasteiger partial charge in [0.1, 0.15) is 0 Å². The van der Waals surface area contributed by atoms with Gasteiger partial charge in [-0.1, -0.05) is 13.8 Å². The zero-order chi connectivity index (χ0) is 16.8. The van der Waals surface area contributed by atoms with E-state index in [2.05, 4.69) is 5.32 Å². The molecule has 0 aliphatic carbocycles. The van der Waals surface area contributed by atoms with E-state index in [1.165, 1.54) is 23.9 Å². The first kappa shape index (κ1) is 18.4. The Morgan fingerprint density at radius 3 is 2.36 bits per heavy atom. The van der Waals surface area contributed by atoms with Crippen LogP contribution >= 0.6 is 11.8 Å². The third-order valence-electron chi connectivity index (χ3n) is 3.75. The molecule has 6 nitrogen and oxygen atoms in total. The number of benzene rings is 1. The predicted octanol–water partition coefficient (Wildman–Crippen LogP) is 2.71. The third-order valence-corrected chi connectivity index (χ3v) is 4.86. The number of nitro groups is 1. The van der Waals surface area contributed by atoms with E-state index < -0.39 is 4.92 Å². The monoisotopic (exact) mass is 325 g/mol. The zero-order valence-electron chi connectivity index (χ0n) is 13.2. The minimum absolute atomic E-state index is 0.0419. The molecule has 0 fully saturated rings. The molecule has 1 aromatic rings. The second-order valence-corrected chi connectivity index (χ2v) is 6.71. The van der Waals surface area contributed by atoms with Crippen molar-refractivity contribution in [2.75, 3.05) is 6.54 Å². The smallest absolute Gasteiger partial charge is 0.269 e. The zero-order valence-corrected chi connectivity index (χ0v) is 14.0. The van der Waals surface area contributed by atoms with Gasteiger partial charge in [-0.2, -0.15) is 0 Å². The number of nitrogens with two attached hydrogens (primary N) is 1. The fraction of sp³-hybridized carbons (Fsp3) is 0.533. The molecule has 7 heteroatoms. The average Bonchev–Trinajstić information content (AvgIpc) is 2.52. The lowest BCUT2D eigenvalue weighted by Gasteiger charge is -2.27. The standard InChI is InChI=1S/C15H23N3O3S/c1-4-15(16,5-2)10-17-14(19)11(3)22-13-8-6-12(7-9-13)18(20)21/h6-9,11H,4-5,10,16H2,1-3H3,(H,17,19). The van der Waals surface area contributed by atoms with Gasteiger partial charge in [0.2, 0.25) is 5.91 Å². The van der Waals surface area contributed by atoms with Gasteiger partial charge in [0.05, 0.1) is 10.2 Å². The van der Waals surface area contributed by atoms with E-state index in [0.29, 0.717) is 6.54 Å². The number of nitrogens with one attached hydrogen (secondary N) is 1. The van der Waals surface area contributed by atoms with E-state index in [-0.39, 0.29) is 22.4 Å². The maximum absolute atomic E-state index is 12.1. The molecule has 1 aromatic carbocycles. The van der Waals surface area contributed by atoms with Crippen LogP contribution in [0, 0.1) is 10.1 Å². The van der Waals surface area contributed by atoms with Gasteiger partial charge in [-0.05, 0) is 31.9 Å². The number of carbonyl (C=O) groups excluding carboxylic acids is 1. The lowest BCUT2D eigenvalue weighted by atomic mass is 9.94. The van der Waals surface area contributed by atoms with E-state index in [9.17, 15) is 14.9 Å². The summed E-state index contributed by atoms with van der Waals surface area (Å²) in [6, 6.07) is 6.17. The molecule has 1 unspecified atom stereocenters. The molecular formula is C15H23N3O3S. The molecule has 1 amide bonds. The van der Waals surface area contributed by atoms with Crippen LogP contribution in [0.3, 0.4) is 0 Å². The fourth-order valence-corrected chi connectivity index (χ4v) is 2.70. The molecule has 122 valence electrons. The van der Waals surface area contributed by atoms with Crippen LogP contribution in [0.25, 0.3) is 0 Å². The molecule has 0 saturated heterocycles. The van der Waals surface area contributed by atoms with E-state index >= 15 is 0 Å². The molecule has 0 spiro atoms. The summed E-state index contributed by atoms with van der Waals surface area (Å²) >= 11 is 1.36. The van der Waals surface area contributed by atoms with Crippen molar-refractivity contribution in [2.24, 2.45) is 5.73 Å². The van der Waals surface area contributed by atoms with Crippen molar-refractivity contribution < 1.29 is 9.72 Å². The van der Waals surface area contributed by atoms with Gasteiger partial charge in [0, 0.05) is 29.1 Å². The largest absolute Gasteiger partial charge is 0.353 e. The van der Waals surface area contributed by atoms with Gasteiger partial charge in [0.25, 0.3) is 5.69 Å². The van der Waals surface area contributed by atoms with Crippen molar-refractivity contribution >= 4 is 23.4 Å². The number of nitrogens with zero attached hydrogens (tertiary/aromatic N) is 1. The first-order chi connectivity index (χ1) is 10.3. The molecular weight excluding hydrogens is 302 g/mol. The molecule has 0 heterocycles. The molecule has 0 aliphatic rings. The van der Waals surface area contributed by atoms with E-state index in [1.54, 1.807) is 19.1 Å². The Morgan fingerprint density at radius 1 is 1.36 bits per heavy atom. The van der Waals surface area contributed by atoms with Crippen LogP contribution < -0.4 is 11.1 Å². The number of thioether (sulfide) groups is 1. The maximum Gasteiger partial charge on any atom is 0.269 e. The van der Waals surface area contributed by atoms with Crippen LogP contribution in [0.2, 0.25) is 0 Å². The second kappa shape index (κ2) is 8.14. The van der Waals surface area contributed by atoms with Crippen LogP contribution in [0.5, 0.6) is 0 Å². The highest BCUT2D eigenvalue weighted by atomic mass is 32.2. The van der Waals surface area contributed by atoms with Crippen LogP contribution in [-0.4, -0.2) is 28.2 Å². The van der Waals surface area contributed by atoms with Crippen LogP contribution in [0.4, 0.5) is 5.69 Å². The van der Waals surface area contributed by atoms with Crippen LogP contribution in [-0.2, 0) is 4.79 Å². The van der Waals surface area contributed by atoms with Gasteiger partial charge in [0.15, 0.2) is 0 Å². The minimum Gasteiger partial charge on any atom is -0.353 e. The van der Waals surface area contributed by atoms with Crippen molar-refractivity contribution in [1.82, 2.24) is 5.32 Å². The van der Waals surface area contributed by atoms with E-state index in [0.717, 1.165) is 17.7 Å². The highest BCUT2D eigenvalue weighted by molar-refractivity contribution is 8.00. The highest BCUT2D eigenvalue weighted by Gasteiger charge is 2.23. The molecule has 0 aromatic heterocycles. The number of carbonyl (C=O) groups is 1. The topological polar surface area (TPSA) is 98.3 Å². The number of amides is 1. The average molecular weight is 325 g/mol. The van der Waals surface area contributed by atoms with Crippen LogP contribution in [0.15, 0.2) is 29.2 Å². The summed E-state index contributed by atoms with van der Waals surface area (Å²) in [6.07, 6.45) is 1.60. The Morgan fingerprint density at radius 2 is 1.91 bits per heavy atom. The minimum atomic E-state index is -0.444. The molecule has 0 aliphatic heterocycles. The Balaban J connectivity index is 2.55. The number of rotatable bonds is 8. The van der Waals surface area contributed by atoms with Gasteiger partial charge >= 0.3 is 0 Å². The number of hydrogen-bond donors (Lipinski definition) is 2. The number of hydrogen-bond acceptors (Lipinski definition) is 5. The Kier molecular flexibility index (Phi) is 6.83. The SMILES string of the molecule is CCC(N)(CC)CNC(=O)C(C)Sc1ccc([N+](=O)[O-])cc1. The van der Waals surface area contributed by atoms with Crippen molar-refractivity contribution in [1.29, 1.82) is 0 Å². The second-order valence-electron chi connectivity index (χ2n) is 5.30. The first-order valence-electron chi connectivity index (χ1n) is 7.29. The fourth-order valence-electron chi connectivity index (χ4n) is 1.81. The van der Waals surface area contributed by atoms with Gasteiger partial charge < -0.3 is 11.1 Å². The summed E-state index contributed by atoms with van der Waals surface area (Å²) in [4.78, 5) is 23.1. The molecule has 22 heavy (non-hydrogen) atoms. The summed E-state index contributed by atoms with van der Waals surface area (Å²) in [5.74, 6) is -0.0833. The quantitative estimate of drug-likeness (QED) is 0.435. The van der Waals surface area contributed by atoms with Gasteiger partial charge in [-0.15, -0.1) is 11.8 Å². The summed E-state index contributed by atoms with van der Waals surface area (Å²) in [6.45, 7) is 6.26. The van der Waals surface area contributed by atoms with Gasteiger partial charge in [-0.3, -0.25) is 14.9 Å². The van der Waals surface area contributed by atoms with Crippen molar-refractivity contribution in [3.63, 3.8) is 0 Å². The van der Waals surface area contributed by atoms with Gasteiger partial charge in [-0.25, -0.2) is 0 Å². The maximum atomic E-state index is 12.1. The molecule has 3 N–H and O–H groups in total. The number of non-ortho nitro benzene ring substituents is 1. The molecule has 0 radical (unpaired) electrons. The van der Waals surface area contributed by atoms with E-state index in [1.807, 2.05) is 13.8 Å². The normalized spacial score (nSPS) is 12.7. The molecule has 0 bridgehead atoms. The summed E-state index contributed by atoms with van der Waals surface area (Å²) in [7, 11) is 0. The molecule has 1 rings (SSSR count). The van der Waals surface area contributed by atoms with Crippen LogP contribution in [0.1, 0.15) is 33.6 Å². The lowest BCUT2D eigenvalue weighted by Crippen LogP contribution is -2.50. The Labute approximate surface area is 135 Å². The third kappa shape index (κ3) is 5.31. The Hall–Kier alpha value is -1.60. The molecule has 0 saturated carbocycles. The first-order valence-corrected chi connectivity index (χ1v) is 8.17. The Bertz CT molecular complexity index is 515. The summed E-state index contributed by atoms with van der Waals surface area (Å²) in [5.41, 5.74) is 5.83. The highest BCUT2D eigenvalue weighted by Crippen LogP contribution is 2.25. The van der Waals surface area contributed by atoms with Crippen molar-refractivity contribution in [2.45, 2.75) is 49.3 Å². The summed E-state index contributed by atoms with van der Waals surface area (Å²) < 4.78 is 0. The van der Waals surface area contributed by atoms with Crippen molar-refractivity contribution in [3.8, 4) is 0 Å². The predicted molar refractivity (Wildman–Crippen MR) is 88.9 cm³/mol. The summed E-state index contributed by atoms with van der Waals surface area (Å²) in [5, 5.41) is 13.2.